The first-order valence-electron chi connectivity index (χ1n) is 21.3. The minimum absolute atomic E-state index is 0.0791. The Morgan fingerprint density at radius 3 is 2.00 bits per heavy atom. The molecule has 1 aliphatic heterocycles. The Balaban J connectivity index is 0.00000313. The Kier molecular flexibility index (Phi) is 18.1. The molecule has 72 heavy (non-hydrogen) atoms. The molecule has 2 bridgehead atoms. The van der Waals surface area contributed by atoms with E-state index in [4.69, 9.17) is 123 Å². The molecule has 396 valence electrons. The highest BCUT2D eigenvalue weighted by Gasteiger charge is 2.79. The average molecular weight is 1140 g/mol. The normalized spacial score (nSPS) is 29.2. The van der Waals surface area contributed by atoms with Crippen LogP contribution >= 0.6 is 69.6 Å². The molecule has 1 saturated heterocycles. The third kappa shape index (κ3) is 12.0. The molecule has 11 atom stereocenters. The van der Waals surface area contributed by atoms with Crippen molar-refractivity contribution in [2.45, 2.75) is 109 Å². The fourth-order valence-electron chi connectivity index (χ4n) is 9.86. The molecule has 3 fully saturated rings. The van der Waals surface area contributed by atoms with Crippen LogP contribution < -0.4 is 5.73 Å². The van der Waals surface area contributed by atoms with E-state index in [0.717, 1.165) is 19.1 Å². The summed E-state index contributed by atoms with van der Waals surface area (Å²) in [6, 6.07) is 7.71. The van der Waals surface area contributed by atoms with Gasteiger partial charge in [-0.15, -0.1) is 0 Å². The number of fused-ring (bicyclic) bond motifs is 5. The van der Waals surface area contributed by atoms with Crippen molar-refractivity contribution in [2.75, 3.05) is 19.8 Å². The molecule has 2 aromatic rings. The molecule has 4 aliphatic rings. The van der Waals surface area contributed by atoms with Crippen molar-refractivity contribution in [3.63, 3.8) is 0 Å². The van der Waals surface area contributed by atoms with Crippen LogP contribution in [0.15, 0.2) is 59.7 Å². The van der Waals surface area contributed by atoms with Crippen LogP contribution in [-0.2, 0) is 57.1 Å². The number of aliphatic hydroxyl groups is 2. The third-order valence-electron chi connectivity index (χ3n) is 13.2. The largest absolute Gasteiger partial charge is 0.509 e. The molecule has 3 aliphatic carbocycles. The number of hydrogen-bond donors (Lipinski definition) is 4. The van der Waals surface area contributed by atoms with Crippen LogP contribution in [0.3, 0.4) is 0 Å². The number of alkyl halides is 6. The topological polar surface area (TPSA) is 280 Å². The number of rotatable bonds is 11. The van der Waals surface area contributed by atoms with Gasteiger partial charge in [-0.3, -0.25) is 14.4 Å². The number of halogens is 8. The van der Waals surface area contributed by atoms with Crippen molar-refractivity contribution in [2.24, 2.45) is 22.5 Å². The average Bonchev–Trinajstić information content (AvgIpc) is 3.27. The lowest BCUT2D eigenvalue weighted by Gasteiger charge is -2.67. The lowest BCUT2D eigenvalue weighted by Crippen LogP contribution is -2.82. The Bertz CT molecular complexity index is 2460. The zero-order valence-corrected chi connectivity index (χ0v) is 43.0. The predicted molar refractivity (Wildman–Crippen MR) is 248 cm³/mol. The van der Waals surface area contributed by atoms with E-state index in [0.29, 0.717) is 6.07 Å². The van der Waals surface area contributed by atoms with E-state index in [1.54, 1.807) is 6.07 Å². The molecular formula is C45H47Cl6F2NO18. The van der Waals surface area contributed by atoms with Gasteiger partial charge < -0.3 is 58.9 Å². The third-order valence-corrected chi connectivity index (χ3v) is 13.8. The summed E-state index contributed by atoms with van der Waals surface area (Å²) in [6.45, 7) is 3.78. The molecule has 5 N–H and O–H groups in total. The number of hydrogen-bond acceptors (Lipinski definition) is 18. The van der Waals surface area contributed by atoms with E-state index in [1.807, 2.05) is 0 Å². The molecule has 0 aromatic heterocycles. The van der Waals surface area contributed by atoms with Crippen molar-refractivity contribution in [3.8, 4) is 0 Å². The van der Waals surface area contributed by atoms with Crippen LogP contribution in [0.2, 0.25) is 0 Å². The number of ketones is 1. The van der Waals surface area contributed by atoms with E-state index in [9.17, 15) is 43.0 Å². The maximum Gasteiger partial charge on any atom is 0.509 e. The minimum atomic E-state index is -2.69. The molecule has 0 spiro atoms. The van der Waals surface area contributed by atoms with Gasteiger partial charge in [0, 0.05) is 36.8 Å². The molecule has 27 heteroatoms. The molecule has 0 unspecified atom stereocenters. The Morgan fingerprint density at radius 2 is 1.49 bits per heavy atom. The minimum Gasteiger partial charge on any atom is -0.483 e. The Labute approximate surface area is 439 Å². The summed E-state index contributed by atoms with van der Waals surface area (Å²) in [5, 5.41) is 31.9. The Morgan fingerprint density at radius 1 is 0.917 bits per heavy atom. The summed E-state index contributed by atoms with van der Waals surface area (Å²) in [5.41, 5.74) is -4.04. The van der Waals surface area contributed by atoms with Gasteiger partial charge >= 0.3 is 30.2 Å². The zero-order chi connectivity index (χ0) is 54.1. The van der Waals surface area contributed by atoms with Crippen LogP contribution in [0.4, 0.5) is 18.4 Å². The van der Waals surface area contributed by atoms with Gasteiger partial charge in [0.05, 0.1) is 29.5 Å². The SMILES string of the molecule is CC(=O)O[C@@]12CO[C@@H]1C[C@H](OC(=O)OCC(Cl)(Cl)Cl)[C@@]1(C)C(=O)[C@H](OC(=O)OCC(Cl)(Cl)Cl)C3=C(C)[C@@H](OC(=O)[C@H](O)[C@@H](N)c4ccc(F)cc4F)C[C@@](O)([C@@H](OC(=O)c4ccccc4)[C@H]21)C3(C)C.O=CO. The molecule has 19 nitrogen and oxygen atoms in total. The Hall–Kier alpha value is -4.29. The number of carbonyl (C=O) groups excluding carboxylic acids is 6. The van der Waals surface area contributed by atoms with E-state index in [1.165, 1.54) is 52.0 Å². The number of nitrogens with two attached hydrogens (primary N) is 1. The summed E-state index contributed by atoms with van der Waals surface area (Å²) in [6.07, 6.45) is -16.0. The summed E-state index contributed by atoms with van der Waals surface area (Å²) >= 11 is 35.1. The standard InChI is InChI=1S/C44H45Cl6F2NO16.CH2O2/c1-19-25(65-36(58)30(55)29(53)23-12-11-22(51)13-24(23)52)15-42(61)34(68-35(57)21-9-7-6-8-10-21)32-40(5,33(56)31(28(19)39(42,3)4)67-38(60)64-18-44(48,49)50)26(66-37(59)63-17-43(45,46)47)14-27-41(32,16-62-27)69-20(2)54;2-1-3/h6-13,25-27,29-32,34,55,61H,14-18,53H2,1-5H3;1H,(H,2,3)/t25-,26-,27+,29-,30+,31+,32-,34-,40+,41-,42+;/m0./s1. The fourth-order valence-corrected chi connectivity index (χ4v) is 10.2. The maximum atomic E-state index is 16.1. The number of esters is 3. The van der Waals surface area contributed by atoms with Crippen molar-refractivity contribution >= 4 is 112 Å². The predicted octanol–water partition coefficient (Wildman–Crippen LogP) is 6.73. The molecular weight excluding hydrogens is 1090 g/mol. The molecule has 2 aromatic carbocycles. The van der Waals surface area contributed by atoms with Crippen molar-refractivity contribution < 1.29 is 95.6 Å². The highest BCUT2D eigenvalue weighted by atomic mass is 35.6. The fraction of sp³-hybridized carbons (Fsp3) is 0.533. The number of benzene rings is 2. The summed E-state index contributed by atoms with van der Waals surface area (Å²) in [4.78, 5) is 93.4. The summed E-state index contributed by atoms with van der Waals surface area (Å²) in [5.74, 6) is -8.82. The van der Waals surface area contributed by atoms with Crippen LogP contribution in [0, 0.1) is 28.4 Å². The molecule has 0 amide bonds. The maximum absolute atomic E-state index is 16.1. The monoisotopic (exact) mass is 1140 g/mol. The lowest BCUT2D eigenvalue weighted by molar-refractivity contribution is -0.346. The van der Waals surface area contributed by atoms with Gasteiger partial charge in [-0.1, -0.05) is 108 Å². The van der Waals surface area contributed by atoms with Gasteiger partial charge in [0.2, 0.25) is 7.59 Å². The van der Waals surface area contributed by atoms with Crippen molar-refractivity contribution in [1.82, 2.24) is 0 Å². The van der Waals surface area contributed by atoms with Crippen molar-refractivity contribution in [1.29, 1.82) is 0 Å². The van der Waals surface area contributed by atoms with E-state index in [2.05, 4.69) is 0 Å². The second-order valence-electron chi connectivity index (χ2n) is 17.8. The second kappa shape index (κ2) is 22.3. The first-order valence-corrected chi connectivity index (χ1v) is 23.6. The van der Waals surface area contributed by atoms with Crippen LogP contribution in [0.1, 0.15) is 69.4 Å². The van der Waals surface area contributed by atoms with Gasteiger partial charge in [0.25, 0.3) is 6.47 Å². The van der Waals surface area contributed by atoms with Gasteiger partial charge in [-0.2, -0.15) is 0 Å². The summed E-state index contributed by atoms with van der Waals surface area (Å²) in [7, 11) is 0. The molecule has 6 rings (SSSR count). The number of aliphatic hydroxyl groups excluding tert-OH is 1. The zero-order valence-electron chi connectivity index (χ0n) is 38.4. The number of Topliss-reactive ketones (excluding diaryl/α,β-unsaturated/α-hetero) is 1. The summed E-state index contributed by atoms with van der Waals surface area (Å²) < 4.78 is 70.3. The second-order valence-corrected chi connectivity index (χ2v) is 22.9. The molecule has 2 saturated carbocycles. The van der Waals surface area contributed by atoms with Crippen LogP contribution in [0.25, 0.3) is 0 Å². The van der Waals surface area contributed by atoms with E-state index in [-0.39, 0.29) is 23.2 Å². The van der Waals surface area contributed by atoms with Crippen LogP contribution in [0.5, 0.6) is 0 Å². The van der Waals surface area contributed by atoms with E-state index >= 15 is 4.79 Å². The van der Waals surface area contributed by atoms with Crippen molar-refractivity contribution in [3.05, 3.63) is 82.4 Å². The quantitative estimate of drug-likeness (QED) is 0.0596. The number of carbonyl (C=O) groups is 7. The van der Waals surface area contributed by atoms with Crippen LogP contribution in [-0.4, -0.2) is 133 Å². The van der Waals surface area contributed by atoms with Gasteiger partial charge in [-0.25, -0.2) is 28.0 Å². The molecule has 0 radical (unpaired) electrons. The van der Waals surface area contributed by atoms with Gasteiger partial charge in [-0.05, 0) is 43.2 Å². The first kappa shape index (κ1) is 58.6. The van der Waals surface area contributed by atoms with Gasteiger partial charge in [0.15, 0.2) is 23.6 Å². The molecule has 1 heterocycles. The highest BCUT2D eigenvalue weighted by Crippen LogP contribution is 2.65. The number of ether oxygens (including phenoxy) is 8. The lowest BCUT2D eigenvalue weighted by atomic mass is 9.44. The number of carboxylic acid groups (broad SMARTS) is 1. The highest BCUT2D eigenvalue weighted by molar-refractivity contribution is 6.68. The smallest absolute Gasteiger partial charge is 0.483 e. The van der Waals surface area contributed by atoms with E-state index < -0.39 is 164 Å². The van der Waals surface area contributed by atoms with Gasteiger partial charge in [0.1, 0.15) is 54.9 Å². The first-order chi connectivity index (χ1) is 33.3.